The van der Waals surface area contributed by atoms with Crippen LogP contribution in [0.2, 0.25) is 0 Å². The highest BCUT2D eigenvalue weighted by molar-refractivity contribution is 7.92. The van der Waals surface area contributed by atoms with Crippen molar-refractivity contribution in [1.82, 2.24) is 24.6 Å². The number of amides is 1. The molecule has 12 heteroatoms. The van der Waals surface area contributed by atoms with E-state index in [1.54, 1.807) is 13.1 Å². The molecular formula is C23H28N6O5S. The van der Waals surface area contributed by atoms with Crippen LogP contribution in [-0.2, 0) is 21.9 Å². The number of carbonyl (C=O) groups excluding carboxylic acids is 1. The molecule has 1 saturated heterocycles. The van der Waals surface area contributed by atoms with E-state index in [2.05, 4.69) is 19.8 Å². The Balaban J connectivity index is 1.68. The molecule has 2 N–H and O–H groups in total. The monoisotopic (exact) mass is 500 g/mol. The van der Waals surface area contributed by atoms with Gasteiger partial charge < -0.3 is 14.7 Å². The third kappa shape index (κ3) is 5.43. The highest BCUT2D eigenvalue weighted by Crippen LogP contribution is 2.30. The third-order valence-corrected chi connectivity index (χ3v) is 7.04. The van der Waals surface area contributed by atoms with Crippen molar-refractivity contribution in [1.29, 1.82) is 0 Å². The van der Waals surface area contributed by atoms with Gasteiger partial charge in [0.15, 0.2) is 0 Å². The van der Waals surface area contributed by atoms with Crippen LogP contribution in [0.3, 0.4) is 0 Å². The third-order valence-electron chi connectivity index (χ3n) is 5.76. The van der Waals surface area contributed by atoms with Gasteiger partial charge in [-0.05, 0) is 31.9 Å². The lowest BCUT2D eigenvalue weighted by Crippen LogP contribution is -2.37. The van der Waals surface area contributed by atoms with Crippen molar-refractivity contribution in [3.63, 3.8) is 0 Å². The molecule has 1 aliphatic rings. The van der Waals surface area contributed by atoms with Crippen molar-refractivity contribution in [2.45, 2.75) is 44.3 Å². The van der Waals surface area contributed by atoms with Crippen LogP contribution in [0.5, 0.6) is 5.88 Å². The quantitative estimate of drug-likeness (QED) is 0.499. The zero-order valence-electron chi connectivity index (χ0n) is 20.0. The van der Waals surface area contributed by atoms with Crippen molar-refractivity contribution in [2.24, 2.45) is 7.05 Å². The van der Waals surface area contributed by atoms with Gasteiger partial charge in [-0.15, -0.1) is 0 Å². The van der Waals surface area contributed by atoms with E-state index >= 15 is 0 Å². The van der Waals surface area contributed by atoms with Gasteiger partial charge in [0.05, 0.1) is 18.4 Å². The summed E-state index contributed by atoms with van der Waals surface area (Å²) >= 11 is 0. The molecule has 3 aromatic rings. The summed E-state index contributed by atoms with van der Waals surface area (Å²) in [6.45, 7) is 6.06. The normalized spacial score (nSPS) is 16.8. The molecule has 0 aliphatic carbocycles. The van der Waals surface area contributed by atoms with E-state index in [1.165, 1.54) is 28.9 Å². The smallest absolute Gasteiger partial charge is 0.267 e. The first-order valence-corrected chi connectivity index (χ1v) is 12.6. The van der Waals surface area contributed by atoms with E-state index in [0.29, 0.717) is 25.2 Å². The molecule has 11 nitrogen and oxygen atoms in total. The molecule has 35 heavy (non-hydrogen) atoms. The average Bonchev–Trinajstić information content (AvgIpc) is 3.42. The molecular weight excluding hydrogens is 472 g/mol. The maximum Gasteiger partial charge on any atom is 0.267 e. The predicted molar refractivity (Wildman–Crippen MR) is 128 cm³/mol. The summed E-state index contributed by atoms with van der Waals surface area (Å²) in [5.74, 6) is -0.322. The van der Waals surface area contributed by atoms with Crippen LogP contribution in [0.4, 0.5) is 5.95 Å². The zero-order chi connectivity index (χ0) is 25.3. The SMILES string of the molecule is Cc1cccc(C)c1-c1cc(OC2CCN(C(=O)[C@H](C)O)C2)nc(NS(=O)(=O)c2cnn(C)c2)n1. The van der Waals surface area contributed by atoms with E-state index in [1.807, 2.05) is 32.0 Å². The van der Waals surface area contributed by atoms with Crippen molar-refractivity contribution < 1.29 is 23.1 Å². The summed E-state index contributed by atoms with van der Waals surface area (Å²) in [5.41, 5.74) is 3.28. The minimum absolute atomic E-state index is 0.0217. The Morgan fingerprint density at radius 2 is 1.97 bits per heavy atom. The fraction of sp³-hybridized carbons (Fsp3) is 0.391. The molecule has 1 amide bonds. The van der Waals surface area contributed by atoms with Gasteiger partial charge >= 0.3 is 0 Å². The Hall–Kier alpha value is -3.51. The molecule has 0 saturated carbocycles. The summed E-state index contributed by atoms with van der Waals surface area (Å²) in [5, 5.41) is 13.5. The number of likely N-dealkylation sites (tertiary alicyclic amines) is 1. The standard InChI is InChI=1S/C23H28N6O5S/c1-14-6-5-7-15(2)21(14)19-10-20(34-17-8-9-29(12-17)22(31)16(3)30)26-23(25-19)27-35(32,33)18-11-24-28(4)13-18/h5-7,10-11,13,16-17,30H,8-9,12H2,1-4H3,(H,25,26,27)/t16-,17?/m0/s1. The summed E-state index contributed by atoms with van der Waals surface area (Å²) in [6, 6.07) is 7.49. The zero-order valence-corrected chi connectivity index (χ0v) is 20.8. The van der Waals surface area contributed by atoms with E-state index in [4.69, 9.17) is 4.74 Å². The largest absolute Gasteiger partial charge is 0.472 e. The summed E-state index contributed by atoms with van der Waals surface area (Å²) in [7, 11) is -2.36. The number of ether oxygens (including phenoxy) is 1. The minimum atomic E-state index is -3.98. The van der Waals surface area contributed by atoms with Crippen molar-refractivity contribution in [3.05, 3.63) is 47.8 Å². The molecule has 2 aromatic heterocycles. The average molecular weight is 501 g/mol. The van der Waals surface area contributed by atoms with Gasteiger partial charge in [0.2, 0.25) is 11.8 Å². The molecule has 186 valence electrons. The first-order chi connectivity index (χ1) is 16.5. The maximum absolute atomic E-state index is 12.9. The summed E-state index contributed by atoms with van der Waals surface area (Å²) in [4.78, 5) is 22.4. The molecule has 1 aromatic carbocycles. The number of aliphatic hydroxyl groups excluding tert-OH is 1. The Morgan fingerprint density at radius 1 is 1.26 bits per heavy atom. The molecule has 3 heterocycles. The maximum atomic E-state index is 12.9. The number of nitrogens with one attached hydrogen (secondary N) is 1. The van der Waals surface area contributed by atoms with Crippen LogP contribution in [0.25, 0.3) is 11.3 Å². The van der Waals surface area contributed by atoms with E-state index in [0.717, 1.165) is 16.7 Å². The number of aryl methyl sites for hydroxylation is 3. The van der Waals surface area contributed by atoms with Gasteiger partial charge in [-0.3, -0.25) is 9.48 Å². The second-order valence-corrected chi connectivity index (χ2v) is 10.3. The molecule has 1 unspecified atom stereocenters. The number of benzene rings is 1. The molecule has 2 atom stereocenters. The lowest BCUT2D eigenvalue weighted by molar-refractivity contribution is -0.138. The highest BCUT2D eigenvalue weighted by Gasteiger charge is 2.30. The van der Waals surface area contributed by atoms with Crippen LogP contribution in [0.1, 0.15) is 24.5 Å². The van der Waals surface area contributed by atoms with Crippen LogP contribution >= 0.6 is 0 Å². The van der Waals surface area contributed by atoms with Crippen LogP contribution in [0, 0.1) is 13.8 Å². The second-order valence-electron chi connectivity index (χ2n) is 8.63. The molecule has 0 spiro atoms. The second kappa shape index (κ2) is 9.62. The van der Waals surface area contributed by atoms with Gasteiger partial charge in [0, 0.05) is 37.8 Å². The molecule has 4 rings (SSSR count). The molecule has 1 aliphatic heterocycles. The number of aliphatic hydroxyl groups is 1. The highest BCUT2D eigenvalue weighted by atomic mass is 32.2. The summed E-state index contributed by atoms with van der Waals surface area (Å²) in [6.07, 6.45) is 1.72. The molecule has 0 bridgehead atoms. The van der Waals surface area contributed by atoms with Gasteiger partial charge in [0.1, 0.15) is 17.1 Å². The van der Waals surface area contributed by atoms with Crippen molar-refractivity contribution in [3.8, 4) is 17.1 Å². The lowest BCUT2D eigenvalue weighted by Gasteiger charge is -2.19. The lowest BCUT2D eigenvalue weighted by atomic mass is 10.00. The fourth-order valence-electron chi connectivity index (χ4n) is 4.05. The predicted octanol–water partition coefficient (Wildman–Crippen LogP) is 1.66. The van der Waals surface area contributed by atoms with Crippen LogP contribution in [0.15, 0.2) is 41.6 Å². The van der Waals surface area contributed by atoms with Crippen molar-refractivity contribution in [2.75, 3.05) is 17.8 Å². The van der Waals surface area contributed by atoms with Gasteiger partial charge in [-0.1, -0.05) is 18.2 Å². The number of anilines is 1. The van der Waals surface area contributed by atoms with E-state index < -0.39 is 16.1 Å². The number of hydrogen-bond acceptors (Lipinski definition) is 8. The molecule has 0 radical (unpaired) electrons. The fourth-order valence-corrected chi connectivity index (χ4v) is 4.98. The number of nitrogens with zero attached hydrogens (tertiary/aromatic N) is 5. The van der Waals surface area contributed by atoms with Gasteiger partial charge in [-0.25, -0.2) is 18.1 Å². The van der Waals surface area contributed by atoms with Crippen molar-refractivity contribution >= 4 is 21.9 Å². The topological polar surface area (TPSA) is 140 Å². The van der Waals surface area contributed by atoms with Gasteiger partial charge in [0.25, 0.3) is 15.9 Å². The first-order valence-electron chi connectivity index (χ1n) is 11.1. The Morgan fingerprint density at radius 3 is 2.60 bits per heavy atom. The van der Waals surface area contributed by atoms with E-state index in [-0.39, 0.29) is 28.7 Å². The molecule has 1 fully saturated rings. The number of aromatic nitrogens is 4. The van der Waals surface area contributed by atoms with Gasteiger partial charge in [-0.2, -0.15) is 10.1 Å². The summed E-state index contributed by atoms with van der Waals surface area (Å²) < 4.78 is 35.6. The number of rotatable bonds is 7. The first kappa shape index (κ1) is 24.6. The number of carbonyl (C=O) groups is 1. The van der Waals surface area contributed by atoms with Crippen LogP contribution < -0.4 is 9.46 Å². The number of sulfonamides is 1. The Labute approximate surface area is 203 Å². The number of hydrogen-bond donors (Lipinski definition) is 2. The van der Waals surface area contributed by atoms with Crippen LogP contribution in [-0.4, -0.2) is 69.4 Å². The minimum Gasteiger partial charge on any atom is -0.472 e. The van der Waals surface area contributed by atoms with E-state index in [9.17, 15) is 18.3 Å². The Bertz CT molecular complexity index is 1330. The Kier molecular flexibility index (Phi) is 6.77.